The van der Waals surface area contributed by atoms with Crippen molar-refractivity contribution >= 4 is 5.52 Å². The normalized spacial score (nSPS) is 12.1. The number of benzene rings is 2. The number of aliphatic hydroxyl groups is 1. The molecule has 2 aromatic heterocycles. The highest BCUT2D eigenvalue weighted by Crippen LogP contribution is 2.22. The summed E-state index contributed by atoms with van der Waals surface area (Å²) in [5.41, 5.74) is 2.54. The van der Waals surface area contributed by atoms with E-state index in [1.165, 1.54) is 4.57 Å². The molecule has 2 aromatic carbocycles. The van der Waals surface area contributed by atoms with Crippen molar-refractivity contribution in [2.75, 3.05) is 13.7 Å². The molecule has 0 aliphatic rings. The van der Waals surface area contributed by atoms with Gasteiger partial charge in [-0.05, 0) is 55.0 Å². The topological polar surface area (TPSA) is 78.0 Å². The minimum absolute atomic E-state index is 0.145. The Morgan fingerprint density at radius 1 is 1.03 bits per heavy atom. The average Bonchev–Trinajstić information content (AvgIpc) is 3.22. The third-order valence-corrected chi connectivity index (χ3v) is 4.93. The van der Waals surface area contributed by atoms with E-state index >= 15 is 0 Å². The van der Waals surface area contributed by atoms with E-state index in [0.29, 0.717) is 17.8 Å². The maximum atomic E-state index is 12.9. The number of ether oxygens (including phenoxy) is 2. The molecule has 4 aromatic rings. The predicted octanol–water partition coefficient (Wildman–Crippen LogP) is 3.30. The number of hydrogen-bond donors (Lipinski definition) is 1. The van der Waals surface area contributed by atoms with Crippen molar-refractivity contribution < 1.29 is 14.6 Å². The SMILES string of the molecule is CCOc1ccc([C@H](O)Cn2ccn3nc(-c4ccc(OC)cc4)cc3c2=O)cc1. The summed E-state index contributed by atoms with van der Waals surface area (Å²) in [6, 6.07) is 16.5. The van der Waals surface area contributed by atoms with Crippen molar-refractivity contribution in [3.63, 3.8) is 0 Å². The summed E-state index contributed by atoms with van der Waals surface area (Å²) in [5.74, 6) is 1.51. The summed E-state index contributed by atoms with van der Waals surface area (Å²) in [6.45, 7) is 2.65. The molecule has 30 heavy (non-hydrogen) atoms. The van der Waals surface area contributed by atoms with Gasteiger partial charge in [-0.3, -0.25) is 4.79 Å². The number of hydrogen-bond acceptors (Lipinski definition) is 5. The highest BCUT2D eigenvalue weighted by Gasteiger charge is 2.13. The van der Waals surface area contributed by atoms with Crippen LogP contribution in [0.3, 0.4) is 0 Å². The Hall–Kier alpha value is -3.58. The number of nitrogens with zero attached hydrogens (tertiary/aromatic N) is 3. The van der Waals surface area contributed by atoms with Crippen LogP contribution in [0, 0.1) is 0 Å². The van der Waals surface area contributed by atoms with Gasteiger partial charge in [0.1, 0.15) is 17.0 Å². The number of aliphatic hydroxyl groups excluding tert-OH is 1. The molecule has 0 saturated carbocycles. The van der Waals surface area contributed by atoms with Gasteiger partial charge in [0.15, 0.2) is 0 Å². The third-order valence-electron chi connectivity index (χ3n) is 4.93. The van der Waals surface area contributed by atoms with Crippen LogP contribution in [0.5, 0.6) is 11.5 Å². The summed E-state index contributed by atoms with van der Waals surface area (Å²) in [4.78, 5) is 12.9. The first-order chi connectivity index (χ1) is 14.6. The van der Waals surface area contributed by atoms with Crippen LogP contribution in [0.4, 0.5) is 0 Å². The fourth-order valence-corrected chi connectivity index (χ4v) is 3.32. The van der Waals surface area contributed by atoms with E-state index < -0.39 is 6.10 Å². The number of rotatable bonds is 7. The zero-order valence-electron chi connectivity index (χ0n) is 16.9. The molecule has 0 unspecified atom stereocenters. The molecule has 7 heteroatoms. The van der Waals surface area contributed by atoms with Crippen LogP contribution in [0.1, 0.15) is 18.6 Å². The molecular formula is C23H23N3O4. The van der Waals surface area contributed by atoms with E-state index in [2.05, 4.69) is 5.10 Å². The number of aromatic nitrogens is 3. The highest BCUT2D eigenvalue weighted by atomic mass is 16.5. The summed E-state index contributed by atoms with van der Waals surface area (Å²) in [7, 11) is 1.62. The van der Waals surface area contributed by atoms with Gasteiger partial charge < -0.3 is 19.1 Å². The average molecular weight is 405 g/mol. The van der Waals surface area contributed by atoms with Crippen LogP contribution in [0.25, 0.3) is 16.8 Å². The van der Waals surface area contributed by atoms with Crippen LogP contribution in [0.2, 0.25) is 0 Å². The van der Waals surface area contributed by atoms with E-state index in [-0.39, 0.29) is 12.1 Å². The Kier molecular flexibility index (Phi) is 5.54. The smallest absolute Gasteiger partial charge is 0.276 e. The van der Waals surface area contributed by atoms with Crippen LogP contribution >= 0.6 is 0 Å². The highest BCUT2D eigenvalue weighted by molar-refractivity contribution is 5.66. The lowest BCUT2D eigenvalue weighted by Crippen LogP contribution is -2.24. The number of methoxy groups -OCH3 is 1. The van der Waals surface area contributed by atoms with E-state index in [4.69, 9.17) is 9.47 Å². The lowest BCUT2D eigenvalue weighted by Gasteiger charge is -2.14. The van der Waals surface area contributed by atoms with E-state index in [1.54, 1.807) is 42.2 Å². The lowest BCUT2D eigenvalue weighted by atomic mass is 10.1. The molecule has 0 amide bonds. The van der Waals surface area contributed by atoms with Gasteiger partial charge in [-0.2, -0.15) is 5.10 Å². The fourth-order valence-electron chi connectivity index (χ4n) is 3.32. The summed E-state index contributed by atoms with van der Waals surface area (Å²) in [5, 5.41) is 15.1. The molecule has 0 radical (unpaired) electrons. The predicted molar refractivity (Wildman–Crippen MR) is 114 cm³/mol. The van der Waals surface area contributed by atoms with Crippen LogP contribution < -0.4 is 15.0 Å². The summed E-state index contributed by atoms with van der Waals surface area (Å²) < 4.78 is 13.7. The zero-order valence-corrected chi connectivity index (χ0v) is 16.9. The molecule has 7 nitrogen and oxygen atoms in total. The molecular weight excluding hydrogens is 382 g/mol. The van der Waals surface area contributed by atoms with Crippen LogP contribution in [-0.2, 0) is 6.54 Å². The molecule has 0 spiro atoms. The maximum absolute atomic E-state index is 12.9. The Balaban J connectivity index is 1.59. The Bertz CT molecular complexity index is 1190. The monoisotopic (exact) mass is 405 g/mol. The molecule has 1 N–H and O–H groups in total. The molecule has 0 aliphatic heterocycles. The Labute approximate surface area is 173 Å². The minimum Gasteiger partial charge on any atom is -0.497 e. The summed E-state index contributed by atoms with van der Waals surface area (Å²) in [6.07, 6.45) is 2.54. The van der Waals surface area contributed by atoms with Crippen molar-refractivity contribution in [3.05, 3.63) is 82.9 Å². The second-order valence-electron chi connectivity index (χ2n) is 6.86. The Morgan fingerprint density at radius 2 is 1.73 bits per heavy atom. The van der Waals surface area contributed by atoms with Gasteiger partial charge in [0, 0.05) is 18.0 Å². The van der Waals surface area contributed by atoms with Gasteiger partial charge in [0.05, 0.1) is 32.1 Å². The van der Waals surface area contributed by atoms with Gasteiger partial charge in [-0.1, -0.05) is 12.1 Å². The van der Waals surface area contributed by atoms with Crippen molar-refractivity contribution in [1.29, 1.82) is 0 Å². The van der Waals surface area contributed by atoms with E-state index in [9.17, 15) is 9.90 Å². The quantitative estimate of drug-likeness (QED) is 0.510. The first-order valence-electron chi connectivity index (χ1n) is 9.73. The van der Waals surface area contributed by atoms with Crippen molar-refractivity contribution in [2.24, 2.45) is 0 Å². The zero-order chi connectivity index (χ0) is 21.1. The lowest BCUT2D eigenvalue weighted by molar-refractivity contribution is 0.155. The van der Waals surface area contributed by atoms with E-state index in [1.807, 2.05) is 43.3 Å². The molecule has 0 aliphatic carbocycles. The number of fused-ring (bicyclic) bond motifs is 1. The second kappa shape index (κ2) is 8.42. The molecule has 4 rings (SSSR count). The largest absolute Gasteiger partial charge is 0.497 e. The Morgan fingerprint density at radius 3 is 2.40 bits per heavy atom. The standard InChI is InChI=1S/C23H23N3O4/c1-3-30-19-10-6-17(7-11-19)22(27)15-25-12-13-26-21(23(25)28)14-20(24-26)16-4-8-18(29-2)9-5-16/h4-14,22,27H,3,15H2,1-2H3/t22-/m1/s1. The van der Waals surface area contributed by atoms with Crippen molar-refractivity contribution in [1.82, 2.24) is 14.2 Å². The molecule has 2 heterocycles. The van der Waals surface area contributed by atoms with Crippen molar-refractivity contribution in [3.8, 4) is 22.8 Å². The van der Waals surface area contributed by atoms with Crippen molar-refractivity contribution in [2.45, 2.75) is 19.6 Å². The van der Waals surface area contributed by atoms with Gasteiger partial charge in [-0.25, -0.2) is 4.52 Å². The van der Waals surface area contributed by atoms with Crippen LogP contribution in [-0.4, -0.2) is 33.0 Å². The third kappa shape index (κ3) is 3.92. The second-order valence-corrected chi connectivity index (χ2v) is 6.86. The minimum atomic E-state index is -0.815. The first-order valence-corrected chi connectivity index (χ1v) is 9.73. The fraction of sp³-hybridized carbons (Fsp3) is 0.217. The van der Waals surface area contributed by atoms with Gasteiger partial charge in [-0.15, -0.1) is 0 Å². The van der Waals surface area contributed by atoms with Gasteiger partial charge in [0.25, 0.3) is 5.56 Å². The van der Waals surface area contributed by atoms with Gasteiger partial charge in [0.2, 0.25) is 0 Å². The molecule has 0 bridgehead atoms. The molecule has 0 saturated heterocycles. The summed E-state index contributed by atoms with van der Waals surface area (Å²) >= 11 is 0. The van der Waals surface area contributed by atoms with Crippen LogP contribution in [0.15, 0.2) is 71.8 Å². The first kappa shape index (κ1) is 19.7. The molecule has 154 valence electrons. The molecule has 1 atom stereocenters. The molecule has 0 fully saturated rings. The van der Waals surface area contributed by atoms with E-state index in [0.717, 1.165) is 22.6 Å². The van der Waals surface area contributed by atoms with Gasteiger partial charge >= 0.3 is 0 Å². The maximum Gasteiger partial charge on any atom is 0.276 e.